The van der Waals surface area contributed by atoms with Crippen molar-refractivity contribution >= 4 is 29.3 Å². The molecule has 2 amide bonds. The van der Waals surface area contributed by atoms with E-state index in [-0.39, 0.29) is 23.0 Å². The van der Waals surface area contributed by atoms with Crippen LogP contribution in [0.25, 0.3) is 11.5 Å². The lowest BCUT2D eigenvalue weighted by molar-refractivity contribution is -0.113. The third-order valence-corrected chi connectivity index (χ3v) is 5.19. The van der Waals surface area contributed by atoms with Gasteiger partial charge in [-0.3, -0.25) is 9.59 Å². The number of carbonyl (C=O) groups excluding carboxylic acids is 2. The van der Waals surface area contributed by atoms with Crippen LogP contribution in [0.15, 0.2) is 58.2 Å². The number of amides is 2. The Kier molecular flexibility index (Phi) is 6.56. The molecular formula is C22H24N4O3S. The van der Waals surface area contributed by atoms with E-state index in [1.807, 2.05) is 24.3 Å². The van der Waals surface area contributed by atoms with Gasteiger partial charge in [-0.05, 0) is 41.3 Å². The zero-order valence-corrected chi connectivity index (χ0v) is 18.2. The summed E-state index contributed by atoms with van der Waals surface area (Å²) in [4.78, 5) is 23.9. The average Bonchev–Trinajstić information content (AvgIpc) is 3.20. The van der Waals surface area contributed by atoms with Crippen molar-refractivity contribution < 1.29 is 14.0 Å². The highest BCUT2D eigenvalue weighted by Crippen LogP contribution is 2.27. The molecule has 1 aromatic heterocycles. The van der Waals surface area contributed by atoms with E-state index < -0.39 is 0 Å². The van der Waals surface area contributed by atoms with Crippen molar-refractivity contribution in [3.05, 3.63) is 59.7 Å². The van der Waals surface area contributed by atoms with E-state index in [1.54, 1.807) is 31.3 Å². The van der Waals surface area contributed by atoms with Crippen LogP contribution in [0.5, 0.6) is 0 Å². The van der Waals surface area contributed by atoms with Gasteiger partial charge in [-0.2, -0.15) is 0 Å². The minimum atomic E-state index is -0.233. The Morgan fingerprint density at radius 2 is 1.80 bits per heavy atom. The Balaban J connectivity index is 1.58. The molecule has 2 N–H and O–H groups in total. The Morgan fingerprint density at radius 1 is 1.07 bits per heavy atom. The first-order valence-electron chi connectivity index (χ1n) is 9.45. The molecule has 3 rings (SSSR count). The number of thioether (sulfide) groups is 1. The third-order valence-electron chi connectivity index (χ3n) is 4.37. The SMILES string of the molecule is CNC(=O)c1cccc(NC(=O)CSc2nnc(-c3ccc(C(C)(C)C)cc3)o2)c1. The first kappa shape index (κ1) is 21.6. The minimum absolute atomic E-state index is 0.0710. The quantitative estimate of drug-likeness (QED) is 0.578. The second-order valence-electron chi connectivity index (χ2n) is 7.70. The predicted octanol–water partition coefficient (Wildman–Crippen LogP) is 4.12. The van der Waals surface area contributed by atoms with E-state index in [2.05, 4.69) is 41.6 Å². The lowest BCUT2D eigenvalue weighted by atomic mass is 9.87. The number of carbonyl (C=O) groups is 2. The van der Waals surface area contributed by atoms with Crippen LogP contribution < -0.4 is 10.6 Å². The second kappa shape index (κ2) is 9.13. The van der Waals surface area contributed by atoms with Crippen molar-refractivity contribution in [2.45, 2.75) is 31.4 Å². The molecule has 1 heterocycles. The molecule has 0 unspecified atom stereocenters. The fourth-order valence-electron chi connectivity index (χ4n) is 2.70. The summed E-state index contributed by atoms with van der Waals surface area (Å²) in [5.74, 6) is 0.0730. The number of hydrogen-bond donors (Lipinski definition) is 2. The number of rotatable bonds is 6. The highest BCUT2D eigenvalue weighted by Gasteiger charge is 2.15. The molecule has 0 spiro atoms. The monoisotopic (exact) mass is 424 g/mol. The maximum Gasteiger partial charge on any atom is 0.277 e. The van der Waals surface area contributed by atoms with E-state index >= 15 is 0 Å². The summed E-state index contributed by atoms with van der Waals surface area (Å²) in [6.07, 6.45) is 0. The first-order valence-corrected chi connectivity index (χ1v) is 10.4. The number of nitrogens with zero attached hydrogens (tertiary/aromatic N) is 2. The van der Waals surface area contributed by atoms with Gasteiger partial charge >= 0.3 is 0 Å². The van der Waals surface area contributed by atoms with Crippen LogP contribution in [0.1, 0.15) is 36.7 Å². The van der Waals surface area contributed by atoms with Gasteiger partial charge in [-0.15, -0.1) is 10.2 Å². The summed E-state index contributed by atoms with van der Waals surface area (Å²) in [5, 5.41) is 13.7. The largest absolute Gasteiger partial charge is 0.411 e. The summed E-state index contributed by atoms with van der Waals surface area (Å²) in [6.45, 7) is 6.47. The summed E-state index contributed by atoms with van der Waals surface area (Å²) in [7, 11) is 1.56. The molecule has 0 bridgehead atoms. The Bertz CT molecular complexity index is 1040. The molecule has 156 valence electrons. The van der Waals surface area contributed by atoms with E-state index in [4.69, 9.17) is 4.42 Å². The van der Waals surface area contributed by atoms with E-state index in [9.17, 15) is 9.59 Å². The van der Waals surface area contributed by atoms with Crippen LogP contribution in [0, 0.1) is 0 Å². The number of nitrogens with one attached hydrogen (secondary N) is 2. The van der Waals surface area contributed by atoms with Gasteiger partial charge in [-0.25, -0.2) is 0 Å². The Morgan fingerprint density at radius 3 is 2.47 bits per heavy atom. The topological polar surface area (TPSA) is 97.1 Å². The number of aromatic nitrogens is 2. The summed E-state index contributed by atoms with van der Waals surface area (Å²) in [5.41, 5.74) is 3.14. The molecule has 7 nitrogen and oxygen atoms in total. The summed E-state index contributed by atoms with van der Waals surface area (Å²) in [6, 6.07) is 14.7. The fraction of sp³-hybridized carbons (Fsp3) is 0.273. The van der Waals surface area contributed by atoms with Gasteiger partial charge in [0.05, 0.1) is 5.75 Å². The van der Waals surface area contributed by atoms with Crippen LogP contribution in [-0.2, 0) is 10.2 Å². The van der Waals surface area contributed by atoms with Crippen molar-refractivity contribution in [3.63, 3.8) is 0 Å². The maximum atomic E-state index is 12.2. The van der Waals surface area contributed by atoms with Gasteiger partial charge in [-0.1, -0.05) is 50.7 Å². The van der Waals surface area contributed by atoms with Gasteiger partial charge < -0.3 is 15.1 Å². The Hall–Kier alpha value is -3.13. The van der Waals surface area contributed by atoms with Crippen molar-refractivity contribution in [1.29, 1.82) is 0 Å². The normalized spacial score (nSPS) is 11.2. The number of benzene rings is 2. The van der Waals surface area contributed by atoms with E-state index in [0.29, 0.717) is 22.4 Å². The van der Waals surface area contributed by atoms with Gasteiger partial charge in [0, 0.05) is 23.9 Å². The molecule has 0 aliphatic rings. The van der Waals surface area contributed by atoms with Crippen molar-refractivity contribution in [2.24, 2.45) is 0 Å². The molecule has 30 heavy (non-hydrogen) atoms. The smallest absolute Gasteiger partial charge is 0.277 e. The van der Waals surface area contributed by atoms with Crippen molar-refractivity contribution in [2.75, 3.05) is 18.1 Å². The average molecular weight is 425 g/mol. The van der Waals surface area contributed by atoms with Crippen LogP contribution >= 0.6 is 11.8 Å². The first-order chi connectivity index (χ1) is 14.3. The van der Waals surface area contributed by atoms with E-state index in [1.165, 1.54) is 5.56 Å². The second-order valence-corrected chi connectivity index (χ2v) is 8.62. The van der Waals surface area contributed by atoms with Crippen LogP contribution in [0.2, 0.25) is 0 Å². The molecule has 3 aromatic rings. The fourth-order valence-corrected chi connectivity index (χ4v) is 3.27. The van der Waals surface area contributed by atoms with Crippen molar-refractivity contribution in [1.82, 2.24) is 15.5 Å². The maximum absolute atomic E-state index is 12.2. The summed E-state index contributed by atoms with van der Waals surface area (Å²) >= 11 is 1.15. The lowest BCUT2D eigenvalue weighted by Gasteiger charge is -2.18. The zero-order chi connectivity index (χ0) is 21.7. The van der Waals surface area contributed by atoms with Crippen LogP contribution in [0.3, 0.4) is 0 Å². The van der Waals surface area contributed by atoms with Gasteiger partial charge in [0.25, 0.3) is 11.1 Å². The molecule has 2 aromatic carbocycles. The Labute approximate surface area is 179 Å². The molecule has 0 aliphatic heterocycles. The highest BCUT2D eigenvalue weighted by molar-refractivity contribution is 7.99. The third kappa shape index (κ3) is 5.48. The van der Waals surface area contributed by atoms with E-state index in [0.717, 1.165) is 17.3 Å². The number of anilines is 1. The highest BCUT2D eigenvalue weighted by atomic mass is 32.2. The molecule has 0 atom stereocenters. The molecule has 0 saturated carbocycles. The van der Waals surface area contributed by atoms with Crippen LogP contribution in [0.4, 0.5) is 5.69 Å². The summed E-state index contributed by atoms with van der Waals surface area (Å²) < 4.78 is 5.67. The minimum Gasteiger partial charge on any atom is -0.411 e. The zero-order valence-electron chi connectivity index (χ0n) is 17.4. The molecule has 8 heteroatoms. The predicted molar refractivity (Wildman–Crippen MR) is 118 cm³/mol. The van der Waals surface area contributed by atoms with Crippen molar-refractivity contribution in [3.8, 4) is 11.5 Å². The molecule has 0 saturated heterocycles. The molecular weight excluding hydrogens is 400 g/mol. The molecule has 0 radical (unpaired) electrons. The molecule has 0 fully saturated rings. The standard InChI is InChI=1S/C22H24N4O3S/c1-22(2,3)16-10-8-14(9-11-16)20-25-26-21(29-20)30-13-18(27)24-17-7-5-6-15(12-17)19(28)23-4/h5-12H,13H2,1-4H3,(H,23,28)(H,24,27). The number of hydrogen-bond acceptors (Lipinski definition) is 6. The lowest BCUT2D eigenvalue weighted by Crippen LogP contribution is -2.18. The van der Waals surface area contributed by atoms with Gasteiger partial charge in [0.2, 0.25) is 11.8 Å². The van der Waals surface area contributed by atoms with Gasteiger partial charge in [0.1, 0.15) is 0 Å². The van der Waals surface area contributed by atoms with Crippen LogP contribution in [-0.4, -0.2) is 34.8 Å². The van der Waals surface area contributed by atoms with Gasteiger partial charge in [0.15, 0.2) is 0 Å². The molecule has 0 aliphatic carbocycles.